The fraction of sp³-hybridized carbons (Fsp3) is 0.308. The van der Waals surface area contributed by atoms with Gasteiger partial charge in [0.25, 0.3) is 5.91 Å². The van der Waals surface area contributed by atoms with Crippen LogP contribution >= 0.6 is 0 Å². The van der Waals surface area contributed by atoms with E-state index < -0.39 is 0 Å². The predicted molar refractivity (Wildman–Crippen MR) is 131 cm³/mol. The molecule has 5 rings (SSSR count). The van der Waals surface area contributed by atoms with Crippen molar-refractivity contribution in [3.63, 3.8) is 0 Å². The topological polar surface area (TPSA) is 99.3 Å². The lowest BCUT2D eigenvalue weighted by Crippen LogP contribution is -2.43. The molecular formula is C26H28N6O2. The van der Waals surface area contributed by atoms with Gasteiger partial charge in [-0.15, -0.1) is 0 Å². The van der Waals surface area contributed by atoms with Crippen molar-refractivity contribution in [2.75, 3.05) is 23.3 Å². The van der Waals surface area contributed by atoms with Gasteiger partial charge < -0.3 is 20.9 Å². The monoisotopic (exact) mass is 456 g/mol. The number of benzene rings is 2. The Morgan fingerprint density at radius 1 is 1.18 bits per heavy atom. The van der Waals surface area contributed by atoms with Crippen LogP contribution in [0.2, 0.25) is 0 Å². The number of hydrogen-bond donors (Lipinski definition) is 3. The van der Waals surface area contributed by atoms with Crippen LogP contribution in [0.4, 0.5) is 17.5 Å². The number of hydrogen-bond acceptors (Lipinski definition) is 6. The Hall–Kier alpha value is -3.94. The molecule has 34 heavy (non-hydrogen) atoms. The zero-order valence-corrected chi connectivity index (χ0v) is 19.2. The Kier molecular flexibility index (Phi) is 6.12. The summed E-state index contributed by atoms with van der Waals surface area (Å²) in [6.07, 6.45) is 3.51. The molecule has 0 aliphatic carbocycles. The van der Waals surface area contributed by atoms with Crippen molar-refractivity contribution in [3.05, 3.63) is 77.0 Å². The second-order valence-corrected chi connectivity index (χ2v) is 8.87. The van der Waals surface area contributed by atoms with E-state index in [0.717, 1.165) is 42.0 Å². The van der Waals surface area contributed by atoms with E-state index in [-0.39, 0.29) is 17.7 Å². The summed E-state index contributed by atoms with van der Waals surface area (Å²) in [5.41, 5.74) is 4.72. The highest BCUT2D eigenvalue weighted by atomic mass is 16.2. The number of aryl methyl sites for hydroxylation is 1. The first-order valence-electron chi connectivity index (χ1n) is 11.7. The molecule has 3 aromatic rings. The summed E-state index contributed by atoms with van der Waals surface area (Å²) >= 11 is 0. The molecule has 1 aromatic heterocycles. The number of carbonyl (C=O) groups is 2. The Labute approximate surface area is 198 Å². The SMILES string of the molecule is Cc1ccc(CNC(=O)[C@H]2CCCN(c3ccnc(Nc4cccc5c4CNC5=O)n3)C2)cc1. The van der Waals surface area contributed by atoms with Crippen LogP contribution in [0.15, 0.2) is 54.7 Å². The van der Waals surface area contributed by atoms with Gasteiger partial charge in [0.15, 0.2) is 0 Å². The number of aromatic nitrogens is 2. The van der Waals surface area contributed by atoms with Crippen molar-refractivity contribution in [3.8, 4) is 0 Å². The molecule has 174 valence electrons. The molecule has 0 radical (unpaired) electrons. The summed E-state index contributed by atoms with van der Waals surface area (Å²) in [5.74, 6) is 1.19. The van der Waals surface area contributed by atoms with Crippen LogP contribution in [0.5, 0.6) is 0 Å². The Balaban J connectivity index is 1.24. The van der Waals surface area contributed by atoms with E-state index in [0.29, 0.717) is 31.1 Å². The van der Waals surface area contributed by atoms with Gasteiger partial charge in [-0.25, -0.2) is 4.98 Å². The molecule has 2 amide bonds. The fourth-order valence-electron chi connectivity index (χ4n) is 4.52. The molecule has 0 bridgehead atoms. The summed E-state index contributed by atoms with van der Waals surface area (Å²) in [5, 5.41) is 9.19. The van der Waals surface area contributed by atoms with E-state index in [1.54, 1.807) is 6.20 Å². The number of anilines is 3. The third-order valence-electron chi connectivity index (χ3n) is 6.44. The zero-order chi connectivity index (χ0) is 23.5. The largest absolute Gasteiger partial charge is 0.356 e. The van der Waals surface area contributed by atoms with Crippen LogP contribution in [0, 0.1) is 12.8 Å². The van der Waals surface area contributed by atoms with E-state index in [9.17, 15) is 9.59 Å². The standard InChI is InChI=1S/C26H28N6O2/c1-17-7-9-18(10-8-17)14-28-24(33)19-4-3-13-32(16-19)23-11-12-27-26(31-23)30-22-6-2-5-20-21(22)15-29-25(20)34/h2,5-12,19H,3-4,13-16H2,1H3,(H,28,33)(H,29,34)(H,27,30,31)/t19-/m0/s1. The maximum Gasteiger partial charge on any atom is 0.251 e. The molecule has 8 heteroatoms. The molecule has 0 spiro atoms. The van der Waals surface area contributed by atoms with Crippen LogP contribution in [0.3, 0.4) is 0 Å². The van der Waals surface area contributed by atoms with Crippen LogP contribution < -0.4 is 20.9 Å². The molecule has 1 fully saturated rings. The summed E-state index contributed by atoms with van der Waals surface area (Å²) in [6, 6.07) is 15.7. The predicted octanol–water partition coefficient (Wildman–Crippen LogP) is 3.30. The smallest absolute Gasteiger partial charge is 0.251 e. The maximum absolute atomic E-state index is 12.8. The number of piperidine rings is 1. The summed E-state index contributed by atoms with van der Waals surface area (Å²) in [7, 11) is 0. The third kappa shape index (κ3) is 4.71. The molecule has 2 aliphatic heterocycles. The van der Waals surface area contributed by atoms with Gasteiger partial charge in [0, 0.05) is 49.2 Å². The van der Waals surface area contributed by atoms with Gasteiger partial charge in [-0.2, -0.15) is 4.98 Å². The lowest BCUT2D eigenvalue weighted by molar-refractivity contribution is -0.125. The lowest BCUT2D eigenvalue weighted by Gasteiger charge is -2.33. The number of rotatable bonds is 6. The van der Waals surface area contributed by atoms with Gasteiger partial charge in [0.05, 0.1) is 5.92 Å². The molecular weight excluding hydrogens is 428 g/mol. The van der Waals surface area contributed by atoms with Gasteiger partial charge in [-0.05, 0) is 43.5 Å². The van der Waals surface area contributed by atoms with Crippen LogP contribution in [0.25, 0.3) is 0 Å². The maximum atomic E-state index is 12.8. The van der Waals surface area contributed by atoms with Gasteiger partial charge in [-0.3, -0.25) is 9.59 Å². The molecule has 3 heterocycles. The van der Waals surface area contributed by atoms with Crippen molar-refractivity contribution in [1.82, 2.24) is 20.6 Å². The average Bonchev–Trinajstić information content (AvgIpc) is 3.25. The molecule has 2 aromatic carbocycles. The third-order valence-corrected chi connectivity index (χ3v) is 6.44. The molecule has 2 aliphatic rings. The van der Waals surface area contributed by atoms with Crippen molar-refractivity contribution >= 4 is 29.3 Å². The van der Waals surface area contributed by atoms with Crippen molar-refractivity contribution < 1.29 is 9.59 Å². The Bertz CT molecular complexity index is 1210. The molecule has 3 N–H and O–H groups in total. The summed E-state index contributed by atoms with van der Waals surface area (Å²) < 4.78 is 0. The highest BCUT2D eigenvalue weighted by Crippen LogP contribution is 2.27. The molecule has 0 saturated carbocycles. The minimum Gasteiger partial charge on any atom is -0.356 e. The summed E-state index contributed by atoms with van der Waals surface area (Å²) in [4.78, 5) is 36.0. The highest BCUT2D eigenvalue weighted by molar-refractivity contribution is 6.00. The number of amides is 2. The minimum atomic E-state index is -0.0833. The average molecular weight is 457 g/mol. The number of fused-ring (bicyclic) bond motifs is 1. The number of nitrogens with one attached hydrogen (secondary N) is 3. The lowest BCUT2D eigenvalue weighted by atomic mass is 9.97. The Morgan fingerprint density at radius 3 is 2.88 bits per heavy atom. The second kappa shape index (κ2) is 9.51. The van der Waals surface area contributed by atoms with Gasteiger partial charge in [-0.1, -0.05) is 35.9 Å². The van der Waals surface area contributed by atoms with E-state index >= 15 is 0 Å². The molecule has 1 saturated heterocycles. The van der Waals surface area contributed by atoms with Crippen LogP contribution in [-0.4, -0.2) is 34.9 Å². The first kappa shape index (κ1) is 21.9. The van der Waals surface area contributed by atoms with Crippen molar-refractivity contribution in [2.24, 2.45) is 5.92 Å². The normalized spacial score (nSPS) is 17.1. The van der Waals surface area contributed by atoms with Gasteiger partial charge >= 0.3 is 0 Å². The molecule has 8 nitrogen and oxygen atoms in total. The first-order valence-corrected chi connectivity index (χ1v) is 11.7. The number of carbonyl (C=O) groups excluding carboxylic acids is 2. The Morgan fingerprint density at radius 2 is 2.03 bits per heavy atom. The van der Waals surface area contributed by atoms with E-state index in [1.165, 1.54) is 5.56 Å². The van der Waals surface area contributed by atoms with E-state index in [4.69, 9.17) is 4.98 Å². The van der Waals surface area contributed by atoms with Crippen molar-refractivity contribution in [2.45, 2.75) is 32.9 Å². The van der Waals surface area contributed by atoms with E-state index in [2.05, 4.69) is 44.9 Å². The minimum absolute atomic E-state index is 0.0617. The summed E-state index contributed by atoms with van der Waals surface area (Å²) in [6.45, 7) is 4.54. The van der Waals surface area contributed by atoms with E-state index in [1.807, 2.05) is 36.4 Å². The number of nitrogens with zero attached hydrogens (tertiary/aromatic N) is 3. The van der Waals surface area contributed by atoms with Crippen LogP contribution in [0.1, 0.15) is 39.9 Å². The molecule has 0 unspecified atom stereocenters. The van der Waals surface area contributed by atoms with Crippen LogP contribution in [-0.2, 0) is 17.9 Å². The second-order valence-electron chi connectivity index (χ2n) is 8.87. The zero-order valence-electron chi connectivity index (χ0n) is 19.2. The first-order chi connectivity index (χ1) is 16.6. The fourth-order valence-corrected chi connectivity index (χ4v) is 4.52. The highest BCUT2D eigenvalue weighted by Gasteiger charge is 2.27. The molecule has 1 atom stereocenters. The quantitative estimate of drug-likeness (QED) is 0.526. The van der Waals surface area contributed by atoms with Gasteiger partial charge in [0.1, 0.15) is 5.82 Å². The van der Waals surface area contributed by atoms with Crippen molar-refractivity contribution in [1.29, 1.82) is 0 Å². The van der Waals surface area contributed by atoms with Gasteiger partial charge in [0.2, 0.25) is 11.9 Å².